The average molecular weight is 313 g/mol. The first-order valence-corrected chi connectivity index (χ1v) is 9.73. The van der Waals surface area contributed by atoms with Crippen molar-refractivity contribution < 1.29 is 18.4 Å². The summed E-state index contributed by atoms with van der Waals surface area (Å²) >= 11 is 0. The van der Waals surface area contributed by atoms with Gasteiger partial charge in [0.2, 0.25) is 0 Å². The third-order valence-corrected chi connectivity index (χ3v) is 8.29. The van der Waals surface area contributed by atoms with Crippen molar-refractivity contribution in [2.75, 3.05) is 7.11 Å². The van der Waals surface area contributed by atoms with Gasteiger partial charge in [0.1, 0.15) is 5.75 Å². The molecule has 0 aliphatic carbocycles. The monoisotopic (exact) mass is 313 g/mol. The van der Waals surface area contributed by atoms with Crippen LogP contribution in [0.3, 0.4) is 0 Å². The van der Waals surface area contributed by atoms with Gasteiger partial charge in [0.25, 0.3) is 14.2 Å². The van der Waals surface area contributed by atoms with Crippen LogP contribution in [0.4, 0.5) is 4.39 Å². The molecule has 1 amide bonds. The standard InChI is InChI=1S/C15H24FNO3Si/c1-10-11(14(18)17-19-5)8-9-12(16)13(10)20-21(6,7)15(2,3)4/h8-9H,1-7H3,(H,17,18). The van der Waals surface area contributed by atoms with E-state index in [9.17, 15) is 9.18 Å². The number of halogens is 1. The van der Waals surface area contributed by atoms with Crippen LogP contribution in [0.5, 0.6) is 5.75 Å². The summed E-state index contributed by atoms with van der Waals surface area (Å²) in [5.74, 6) is -0.716. The molecule has 0 aromatic heterocycles. The summed E-state index contributed by atoms with van der Waals surface area (Å²) in [6.45, 7) is 12.0. The molecule has 118 valence electrons. The number of nitrogens with one attached hydrogen (secondary N) is 1. The fraction of sp³-hybridized carbons (Fsp3) is 0.533. The zero-order chi connectivity index (χ0) is 16.4. The molecule has 0 atom stereocenters. The summed E-state index contributed by atoms with van der Waals surface area (Å²) in [6.07, 6.45) is 0. The van der Waals surface area contributed by atoms with Gasteiger partial charge in [-0.3, -0.25) is 9.63 Å². The van der Waals surface area contributed by atoms with Crippen LogP contribution in [0.25, 0.3) is 0 Å². The van der Waals surface area contributed by atoms with Gasteiger partial charge in [0, 0.05) is 11.1 Å². The van der Waals surface area contributed by atoms with Gasteiger partial charge >= 0.3 is 0 Å². The van der Waals surface area contributed by atoms with Crippen LogP contribution in [0.1, 0.15) is 36.7 Å². The topological polar surface area (TPSA) is 47.6 Å². The molecule has 21 heavy (non-hydrogen) atoms. The number of carbonyl (C=O) groups excluding carboxylic acids is 1. The highest BCUT2D eigenvalue weighted by Crippen LogP contribution is 2.39. The Kier molecular flexibility index (Phi) is 5.17. The van der Waals surface area contributed by atoms with Crippen molar-refractivity contribution in [2.24, 2.45) is 0 Å². The largest absolute Gasteiger partial charge is 0.541 e. The second-order valence-electron chi connectivity index (χ2n) is 6.55. The van der Waals surface area contributed by atoms with E-state index in [1.165, 1.54) is 19.2 Å². The van der Waals surface area contributed by atoms with Gasteiger partial charge in [-0.05, 0) is 37.2 Å². The molecular weight excluding hydrogens is 289 g/mol. The van der Waals surface area contributed by atoms with Gasteiger partial charge in [0.05, 0.1) is 7.11 Å². The van der Waals surface area contributed by atoms with Crippen molar-refractivity contribution >= 4 is 14.2 Å². The smallest absolute Gasteiger partial charge is 0.275 e. The SMILES string of the molecule is CONC(=O)c1ccc(F)c(O[Si](C)(C)C(C)(C)C)c1C. The Morgan fingerprint density at radius 2 is 1.86 bits per heavy atom. The maximum atomic E-state index is 14.1. The quantitative estimate of drug-likeness (QED) is 0.679. The highest BCUT2D eigenvalue weighted by molar-refractivity contribution is 6.74. The minimum Gasteiger partial charge on any atom is -0.541 e. The Morgan fingerprint density at radius 1 is 1.29 bits per heavy atom. The van der Waals surface area contributed by atoms with Crippen LogP contribution < -0.4 is 9.91 Å². The zero-order valence-electron chi connectivity index (χ0n) is 13.8. The number of hydrogen-bond donors (Lipinski definition) is 1. The second-order valence-corrected chi connectivity index (χ2v) is 11.3. The van der Waals surface area contributed by atoms with Gasteiger partial charge in [-0.1, -0.05) is 20.8 Å². The summed E-state index contributed by atoms with van der Waals surface area (Å²) in [4.78, 5) is 16.5. The maximum absolute atomic E-state index is 14.1. The Balaban J connectivity index is 3.25. The van der Waals surface area contributed by atoms with Crippen molar-refractivity contribution in [3.8, 4) is 5.75 Å². The zero-order valence-corrected chi connectivity index (χ0v) is 14.8. The van der Waals surface area contributed by atoms with Crippen LogP contribution in [-0.2, 0) is 4.84 Å². The lowest BCUT2D eigenvalue weighted by molar-refractivity contribution is 0.0536. The van der Waals surface area contributed by atoms with Crippen LogP contribution in [0.15, 0.2) is 12.1 Å². The minimum atomic E-state index is -2.19. The van der Waals surface area contributed by atoms with Crippen LogP contribution in [0.2, 0.25) is 18.1 Å². The first-order chi connectivity index (χ1) is 9.51. The summed E-state index contributed by atoms with van der Waals surface area (Å²) in [5, 5.41) is -0.0589. The van der Waals surface area contributed by atoms with Gasteiger partial charge in [-0.15, -0.1) is 0 Å². The molecule has 0 heterocycles. The fourth-order valence-electron chi connectivity index (χ4n) is 1.59. The molecule has 0 bridgehead atoms. The minimum absolute atomic E-state index is 0.0589. The van der Waals surface area contributed by atoms with Crippen molar-refractivity contribution in [1.82, 2.24) is 5.48 Å². The molecule has 0 saturated heterocycles. The highest BCUT2D eigenvalue weighted by atomic mass is 28.4. The summed E-state index contributed by atoms with van der Waals surface area (Å²) in [6, 6.07) is 2.68. The number of amides is 1. The van der Waals surface area contributed by atoms with Crippen molar-refractivity contribution in [1.29, 1.82) is 0 Å². The molecule has 1 N–H and O–H groups in total. The molecule has 6 heteroatoms. The molecule has 1 rings (SSSR count). The molecule has 0 aliphatic heterocycles. The van der Waals surface area contributed by atoms with Gasteiger partial charge in [0.15, 0.2) is 5.82 Å². The van der Waals surface area contributed by atoms with Crippen molar-refractivity contribution in [3.63, 3.8) is 0 Å². The van der Waals surface area contributed by atoms with Crippen molar-refractivity contribution in [2.45, 2.75) is 45.8 Å². The Bertz CT molecular complexity index is 538. The predicted molar refractivity (Wildman–Crippen MR) is 83.4 cm³/mol. The first-order valence-electron chi connectivity index (χ1n) is 6.82. The third-order valence-electron chi connectivity index (χ3n) is 3.96. The summed E-state index contributed by atoms with van der Waals surface area (Å²) in [5.41, 5.74) is 3.06. The van der Waals surface area contributed by atoms with Gasteiger partial charge < -0.3 is 4.43 Å². The van der Waals surface area contributed by atoms with E-state index in [0.29, 0.717) is 11.1 Å². The fourth-order valence-corrected chi connectivity index (χ4v) is 2.65. The lowest BCUT2D eigenvalue weighted by atomic mass is 10.1. The highest BCUT2D eigenvalue weighted by Gasteiger charge is 2.40. The molecule has 1 aromatic carbocycles. The van der Waals surface area contributed by atoms with E-state index in [1.54, 1.807) is 6.92 Å². The first kappa shape index (κ1) is 17.6. The number of rotatable bonds is 4. The number of benzene rings is 1. The normalized spacial score (nSPS) is 12.2. The average Bonchev–Trinajstić information content (AvgIpc) is 2.33. The molecular formula is C15H24FNO3Si. The second kappa shape index (κ2) is 6.15. The molecule has 4 nitrogen and oxygen atoms in total. The third kappa shape index (κ3) is 3.82. The molecule has 0 radical (unpaired) electrons. The molecule has 0 saturated carbocycles. The lowest BCUT2D eigenvalue weighted by Crippen LogP contribution is -2.44. The number of hydrogen-bond acceptors (Lipinski definition) is 3. The predicted octanol–water partition coefficient (Wildman–Crippen LogP) is 3.81. The summed E-state index contributed by atoms with van der Waals surface area (Å²) < 4.78 is 20.2. The van der Waals surface area contributed by atoms with E-state index >= 15 is 0 Å². The van der Waals surface area contributed by atoms with Crippen molar-refractivity contribution in [3.05, 3.63) is 29.1 Å². The van der Waals surface area contributed by atoms with E-state index in [-0.39, 0.29) is 10.8 Å². The van der Waals surface area contributed by atoms with Gasteiger partial charge in [-0.2, -0.15) is 0 Å². The number of hydroxylamine groups is 1. The van der Waals surface area contributed by atoms with Crippen LogP contribution >= 0.6 is 0 Å². The molecule has 1 aromatic rings. The molecule has 0 spiro atoms. The van der Waals surface area contributed by atoms with Gasteiger partial charge in [-0.25, -0.2) is 9.87 Å². The van der Waals surface area contributed by atoms with E-state index in [2.05, 4.69) is 31.1 Å². The Morgan fingerprint density at radius 3 is 2.33 bits per heavy atom. The van der Waals surface area contributed by atoms with E-state index in [1.807, 2.05) is 13.1 Å². The Hall–Kier alpha value is -1.40. The molecule has 0 unspecified atom stereocenters. The lowest BCUT2D eigenvalue weighted by Gasteiger charge is -2.37. The van der Waals surface area contributed by atoms with E-state index < -0.39 is 20.0 Å². The van der Waals surface area contributed by atoms with E-state index in [4.69, 9.17) is 4.43 Å². The van der Waals surface area contributed by atoms with Crippen LogP contribution in [-0.4, -0.2) is 21.3 Å². The van der Waals surface area contributed by atoms with E-state index in [0.717, 1.165) is 0 Å². The Labute approximate surface area is 126 Å². The number of carbonyl (C=O) groups is 1. The molecule has 0 fully saturated rings. The van der Waals surface area contributed by atoms with Crippen LogP contribution in [0, 0.1) is 12.7 Å². The summed E-state index contributed by atoms with van der Waals surface area (Å²) in [7, 11) is -0.837. The molecule has 0 aliphatic rings. The maximum Gasteiger partial charge on any atom is 0.275 e.